The van der Waals surface area contributed by atoms with Gasteiger partial charge in [-0.1, -0.05) is 12.0 Å². The number of amides is 2. The summed E-state index contributed by atoms with van der Waals surface area (Å²) in [6.45, 7) is 2.44. The Bertz CT molecular complexity index is 277. The SMILES string of the molecule is CC(=O)NCCNC(=O)C=C1CCCCC1. The van der Waals surface area contributed by atoms with Crippen LogP contribution in [0.1, 0.15) is 39.0 Å². The molecule has 0 radical (unpaired) electrons. The zero-order valence-corrected chi connectivity index (χ0v) is 9.84. The van der Waals surface area contributed by atoms with Crippen molar-refractivity contribution in [3.8, 4) is 0 Å². The van der Waals surface area contributed by atoms with E-state index >= 15 is 0 Å². The predicted octanol–water partition coefficient (Wildman–Crippen LogP) is 1.13. The van der Waals surface area contributed by atoms with Gasteiger partial charge in [-0.2, -0.15) is 0 Å². The van der Waals surface area contributed by atoms with Crippen LogP contribution in [0.25, 0.3) is 0 Å². The second-order valence-corrected chi connectivity index (χ2v) is 4.14. The maximum atomic E-state index is 11.5. The first-order valence-electron chi connectivity index (χ1n) is 5.90. The molecular formula is C12H20N2O2. The minimum atomic E-state index is -0.0696. The quantitative estimate of drug-likeness (QED) is 0.555. The van der Waals surface area contributed by atoms with Gasteiger partial charge in [-0.25, -0.2) is 0 Å². The molecule has 0 atom stereocenters. The number of allylic oxidation sites excluding steroid dienone is 1. The second-order valence-electron chi connectivity index (χ2n) is 4.14. The summed E-state index contributed by atoms with van der Waals surface area (Å²) in [6, 6.07) is 0. The van der Waals surface area contributed by atoms with Crippen molar-refractivity contribution >= 4 is 11.8 Å². The lowest BCUT2D eigenvalue weighted by Crippen LogP contribution is -2.33. The molecule has 0 bridgehead atoms. The van der Waals surface area contributed by atoms with Gasteiger partial charge < -0.3 is 10.6 Å². The molecule has 1 fully saturated rings. The fourth-order valence-corrected chi connectivity index (χ4v) is 1.81. The molecule has 16 heavy (non-hydrogen) atoms. The highest BCUT2D eigenvalue weighted by Crippen LogP contribution is 2.22. The van der Waals surface area contributed by atoms with Crippen molar-refractivity contribution in [3.05, 3.63) is 11.6 Å². The molecule has 0 saturated heterocycles. The van der Waals surface area contributed by atoms with E-state index in [1.807, 2.05) is 0 Å². The molecule has 0 aromatic rings. The highest BCUT2D eigenvalue weighted by atomic mass is 16.2. The molecule has 2 amide bonds. The van der Waals surface area contributed by atoms with E-state index < -0.39 is 0 Å². The average molecular weight is 224 g/mol. The molecule has 0 aliphatic heterocycles. The largest absolute Gasteiger partial charge is 0.355 e. The van der Waals surface area contributed by atoms with E-state index in [0.717, 1.165) is 12.8 Å². The summed E-state index contributed by atoms with van der Waals surface area (Å²) in [4.78, 5) is 22.0. The average Bonchev–Trinajstić information content (AvgIpc) is 2.25. The summed E-state index contributed by atoms with van der Waals surface area (Å²) in [6.07, 6.45) is 7.50. The van der Waals surface area contributed by atoms with Crippen LogP contribution in [0.4, 0.5) is 0 Å². The second kappa shape index (κ2) is 7.04. The zero-order chi connectivity index (χ0) is 11.8. The van der Waals surface area contributed by atoms with Gasteiger partial charge in [-0.05, 0) is 25.7 Å². The van der Waals surface area contributed by atoms with E-state index in [1.165, 1.54) is 31.8 Å². The first-order valence-corrected chi connectivity index (χ1v) is 5.90. The third-order valence-corrected chi connectivity index (χ3v) is 2.63. The molecule has 1 rings (SSSR count). The minimum absolute atomic E-state index is 0.0396. The van der Waals surface area contributed by atoms with E-state index in [2.05, 4.69) is 10.6 Å². The number of nitrogens with one attached hydrogen (secondary N) is 2. The standard InChI is InChI=1S/C12H20N2O2/c1-10(15)13-7-8-14-12(16)9-11-5-3-2-4-6-11/h9H,2-8H2,1H3,(H,13,15)(H,14,16). The summed E-state index contributed by atoms with van der Waals surface area (Å²) >= 11 is 0. The predicted molar refractivity (Wildman–Crippen MR) is 62.9 cm³/mol. The van der Waals surface area contributed by atoms with Gasteiger partial charge in [0.2, 0.25) is 11.8 Å². The first-order chi connectivity index (χ1) is 7.68. The monoisotopic (exact) mass is 224 g/mol. The van der Waals surface area contributed by atoms with Crippen LogP contribution >= 0.6 is 0 Å². The van der Waals surface area contributed by atoms with Crippen LogP contribution in [-0.2, 0) is 9.59 Å². The van der Waals surface area contributed by atoms with Crippen molar-refractivity contribution in [2.45, 2.75) is 39.0 Å². The van der Waals surface area contributed by atoms with Gasteiger partial charge in [-0.15, -0.1) is 0 Å². The van der Waals surface area contributed by atoms with Crippen molar-refractivity contribution in [2.24, 2.45) is 0 Å². The zero-order valence-electron chi connectivity index (χ0n) is 9.84. The molecule has 0 spiro atoms. The van der Waals surface area contributed by atoms with Crippen LogP contribution in [0.3, 0.4) is 0 Å². The molecule has 0 unspecified atom stereocenters. The molecule has 1 aliphatic rings. The Labute approximate surface area is 96.5 Å². The number of rotatable bonds is 4. The lowest BCUT2D eigenvalue weighted by Gasteiger charge is -2.13. The van der Waals surface area contributed by atoms with Crippen molar-refractivity contribution in [1.82, 2.24) is 10.6 Å². The van der Waals surface area contributed by atoms with Crippen molar-refractivity contribution in [2.75, 3.05) is 13.1 Å². The lowest BCUT2D eigenvalue weighted by atomic mass is 9.95. The minimum Gasteiger partial charge on any atom is -0.355 e. The van der Waals surface area contributed by atoms with Crippen LogP contribution in [0.2, 0.25) is 0 Å². The van der Waals surface area contributed by atoms with Gasteiger partial charge in [0.15, 0.2) is 0 Å². The van der Waals surface area contributed by atoms with Gasteiger partial charge >= 0.3 is 0 Å². The highest BCUT2D eigenvalue weighted by Gasteiger charge is 2.06. The number of carbonyl (C=O) groups excluding carboxylic acids is 2. The Morgan fingerprint density at radius 3 is 2.38 bits per heavy atom. The molecule has 4 nitrogen and oxygen atoms in total. The molecule has 2 N–H and O–H groups in total. The summed E-state index contributed by atoms with van der Waals surface area (Å²) in [7, 11) is 0. The van der Waals surface area contributed by atoms with Crippen molar-refractivity contribution < 1.29 is 9.59 Å². The Hall–Kier alpha value is -1.32. The first kappa shape index (κ1) is 12.7. The van der Waals surface area contributed by atoms with Crippen LogP contribution < -0.4 is 10.6 Å². The van der Waals surface area contributed by atoms with E-state index in [0.29, 0.717) is 13.1 Å². The Kier molecular flexibility index (Phi) is 5.61. The highest BCUT2D eigenvalue weighted by molar-refractivity contribution is 5.88. The van der Waals surface area contributed by atoms with Crippen LogP contribution in [0, 0.1) is 0 Å². The summed E-state index contributed by atoms with van der Waals surface area (Å²) in [5, 5.41) is 5.39. The molecule has 0 aromatic heterocycles. The normalized spacial score (nSPS) is 15.4. The maximum absolute atomic E-state index is 11.5. The van der Waals surface area contributed by atoms with Crippen molar-refractivity contribution in [3.63, 3.8) is 0 Å². The Balaban J connectivity index is 2.16. The molecular weight excluding hydrogens is 204 g/mol. The lowest BCUT2D eigenvalue weighted by molar-refractivity contribution is -0.119. The van der Waals surface area contributed by atoms with Gasteiger partial charge in [0.25, 0.3) is 0 Å². The molecule has 0 heterocycles. The fourth-order valence-electron chi connectivity index (χ4n) is 1.81. The van der Waals surface area contributed by atoms with Crippen LogP contribution in [0.5, 0.6) is 0 Å². The molecule has 1 saturated carbocycles. The Morgan fingerprint density at radius 2 is 1.75 bits per heavy atom. The summed E-state index contributed by atoms with van der Waals surface area (Å²) in [5.74, 6) is -0.109. The van der Waals surface area contributed by atoms with Gasteiger partial charge in [0.05, 0.1) is 0 Å². The smallest absolute Gasteiger partial charge is 0.243 e. The van der Waals surface area contributed by atoms with Gasteiger partial charge in [-0.3, -0.25) is 9.59 Å². The van der Waals surface area contributed by atoms with E-state index in [9.17, 15) is 9.59 Å². The topological polar surface area (TPSA) is 58.2 Å². The van der Waals surface area contributed by atoms with Crippen LogP contribution in [-0.4, -0.2) is 24.9 Å². The summed E-state index contributed by atoms with van der Waals surface area (Å²) < 4.78 is 0. The van der Waals surface area contributed by atoms with Gasteiger partial charge in [0.1, 0.15) is 0 Å². The third-order valence-electron chi connectivity index (χ3n) is 2.63. The van der Waals surface area contributed by atoms with E-state index in [-0.39, 0.29) is 11.8 Å². The summed E-state index contributed by atoms with van der Waals surface area (Å²) in [5.41, 5.74) is 1.25. The van der Waals surface area contributed by atoms with Crippen molar-refractivity contribution in [1.29, 1.82) is 0 Å². The number of hydrogen-bond donors (Lipinski definition) is 2. The molecule has 4 heteroatoms. The number of carbonyl (C=O) groups is 2. The van der Waals surface area contributed by atoms with Gasteiger partial charge in [0, 0.05) is 26.1 Å². The van der Waals surface area contributed by atoms with Crippen LogP contribution in [0.15, 0.2) is 11.6 Å². The molecule has 0 aromatic carbocycles. The number of hydrogen-bond acceptors (Lipinski definition) is 2. The van der Waals surface area contributed by atoms with E-state index in [4.69, 9.17) is 0 Å². The molecule has 1 aliphatic carbocycles. The maximum Gasteiger partial charge on any atom is 0.243 e. The third kappa shape index (κ3) is 5.53. The fraction of sp³-hybridized carbons (Fsp3) is 0.667. The Morgan fingerprint density at radius 1 is 1.12 bits per heavy atom. The molecule has 90 valence electrons. The van der Waals surface area contributed by atoms with E-state index in [1.54, 1.807) is 6.08 Å².